The van der Waals surface area contributed by atoms with E-state index in [4.69, 9.17) is 8.83 Å². The van der Waals surface area contributed by atoms with Crippen LogP contribution >= 0.6 is 0 Å². The van der Waals surface area contributed by atoms with Crippen molar-refractivity contribution in [2.75, 3.05) is 4.90 Å². The standard InChI is InChI=1S/C52H33NO2/c1-2-10-34(11-3-1)40-26-31-48-45(33-40)52-46(16-9-19-50(52)55-48)53(41-27-22-36(23-28-41)39-21-20-35-12-4-5-13-38(35)32-39)42-29-24-37(25-30-42)43-15-8-18-49-51(43)44-14-6-7-17-47(44)54-49/h1-33H. The smallest absolute Gasteiger partial charge is 0.137 e. The Balaban J connectivity index is 1.08. The summed E-state index contributed by atoms with van der Waals surface area (Å²) in [5.41, 5.74) is 13.6. The summed E-state index contributed by atoms with van der Waals surface area (Å²) in [5.74, 6) is 0. The zero-order valence-electron chi connectivity index (χ0n) is 29.8. The van der Waals surface area contributed by atoms with Gasteiger partial charge in [-0.2, -0.15) is 0 Å². The maximum atomic E-state index is 6.53. The molecule has 0 aliphatic heterocycles. The molecule has 3 heteroatoms. The maximum Gasteiger partial charge on any atom is 0.137 e. The molecule has 258 valence electrons. The summed E-state index contributed by atoms with van der Waals surface area (Å²) in [6, 6.07) is 71.0. The minimum Gasteiger partial charge on any atom is -0.456 e. The molecule has 2 heterocycles. The third-order valence-corrected chi connectivity index (χ3v) is 10.9. The molecule has 11 rings (SSSR count). The van der Waals surface area contributed by atoms with Crippen molar-refractivity contribution >= 4 is 71.7 Å². The predicted octanol–water partition coefficient (Wildman–Crippen LogP) is 15.1. The summed E-state index contributed by atoms with van der Waals surface area (Å²) in [5, 5.41) is 6.89. The van der Waals surface area contributed by atoms with Crippen molar-refractivity contribution in [3.63, 3.8) is 0 Å². The number of rotatable bonds is 6. The monoisotopic (exact) mass is 703 g/mol. The number of benzene rings is 9. The minimum atomic E-state index is 0.852. The van der Waals surface area contributed by atoms with Crippen molar-refractivity contribution in [1.82, 2.24) is 0 Å². The molecule has 0 spiro atoms. The van der Waals surface area contributed by atoms with Gasteiger partial charge >= 0.3 is 0 Å². The molecule has 11 aromatic rings. The lowest BCUT2D eigenvalue weighted by Crippen LogP contribution is -2.10. The number of anilines is 3. The third kappa shape index (κ3) is 5.28. The molecule has 9 aromatic carbocycles. The lowest BCUT2D eigenvalue weighted by Gasteiger charge is -2.26. The van der Waals surface area contributed by atoms with Crippen molar-refractivity contribution in [3.8, 4) is 33.4 Å². The molecule has 0 aliphatic rings. The van der Waals surface area contributed by atoms with E-state index in [9.17, 15) is 0 Å². The van der Waals surface area contributed by atoms with Crippen LogP contribution in [0.4, 0.5) is 17.1 Å². The van der Waals surface area contributed by atoms with Gasteiger partial charge in [-0.15, -0.1) is 0 Å². The Bertz CT molecular complexity index is 3190. The number of hydrogen-bond donors (Lipinski definition) is 0. The average molecular weight is 704 g/mol. The van der Waals surface area contributed by atoms with Gasteiger partial charge < -0.3 is 13.7 Å². The van der Waals surface area contributed by atoms with Gasteiger partial charge in [0.05, 0.1) is 11.1 Å². The lowest BCUT2D eigenvalue weighted by atomic mass is 9.98. The van der Waals surface area contributed by atoms with Crippen LogP contribution in [-0.2, 0) is 0 Å². The van der Waals surface area contributed by atoms with E-state index in [1.807, 2.05) is 12.1 Å². The van der Waals surface area contributed by atoms with E-state index in [0.29, 0.717) is 0 Å². The van der Waals surface area contributed by atoms with Crippen LogP contribution in [0.2, 0.25) is 0 Å². The second kappa shape index (κ2) is 12.6. The number of para-hydroxylation sites is 1. The van der Waals surface area contributed by atoms with E-state index in [1.54, 1.807) is 0 Å². The Labute approximate surface area is 317 Å². The average Bonchev–Trinajstić information content (AvgIpc) is 3.83. The molecule has 0 unspecified atom stereocenters. The summed E-state index contributed by atoms with van der Waals surface area (Å²) >= 11 is 0. The fraction of sp³-hybridized carbons (Fsp3) is 0. The van der Waals surface area contributed by atoms with Crippen LogP contribution in [0.3, 0.4) is 0 Å². The van der Waals surface area contributed by atoms with Crippen LogP contribution in [0.25, 0.3) is 88.0 Å². The second-order valence-electron chi connectivity index (χ2n) is 14.1. The van der Waals surface area contributed by atoms with Gasteiger partial charge in [0.2, 0.25) is 0 Å². The summed E-state index contributed by atoms with van der Waals surface area (Å²) < 4.78 is 12.8. The highest BCUT2D eigenvalue weighted by Crippen LogP contribution is 2.45. The Kier molecular flexibility index (Phi) is 7.17. The number of hydrogen-bond acceptors (Lipinski definition) is 3. The molecule has 55 heavy (non-hydrogen) atoms. The van der Waals surface area contributed by atoms with E-state index in [0.717, 1.165) is 77.6 Å². The van der Waals surface area contributed by atoms with Crippen molar-refractivity contribution in [1.29, 1.82) is 0 Å². The van der Waals surface area contributed by atoms with E-state index in [1.165, 1.54) is 27.5 Å². The first kappa shape index (κ1) is 31.2. The van der Waals surface area contributed by atoms with E-state index in [-0.39, 0.29) is 0 Å². The summed E-state index contributed by atoms with van der Waals surface area (Å²) in [7, 11) is 0. The first-order valence-corrected chi connectivity index (χ1v) is 18.7. The molecular formula is C52H33NO2. The quantitative estimate of drug-likeness (QED) is 0.173. The fourth-order valence-corrected chi connectivity index (χ4v) is 8.21. The van der Waals surface area contributed by atoms with Crippen molar-refractivity contribution in [2.45, 2.75) is 0 Å². The van der Waals surface area contributed by atoms with E-state index < -0.39 is 0 Å². The number of nitrogens with zero attached hydrogens (tertiary/aromatic N) is 1. The van der Waals surface area contributed by atoms with E-state index >= 15 is 0 Å². The molecule has 0 amide bonds. The van der Waals surface area contributed by atoms with Gasteiger partial charge in [-0.1, -0.05) is 133 Å². The Morgan fingerprint density at radius 1 is 0.309 bits per heavy atom. The highest BCUT2D eigenvalue weighted by atomic mass is 16.3. The molecule has 0 N–H and O–H groups in total. The van der Waals surface area contributed by atoms with Gasteiger partial charge in [-0.3, -0.25) is 0 Å². The highest BCUT2D eigenvalue weighted by molar-refractivity contribution is 6.15. The van der Waals surface area contributed by atoms with Gasteiger partial charge in [0, 0.05) is 27.5 Å². The molecule has 0 saturated carbocycles. The predicted molar refractivity (Wildman–Crippen MR) is 229 cm³/mol. The second-order valence-corrected chi connectivity index (χ2v) is 14.1. The van der Waals surface area contributed by atoms with Crippen LogP contribution in [0.15, 0.2) is 209 Å². The van der Waals surface area contributed by atoms with Crippen molar-refractivity contribution in [3.05, 3.63) is 200 Å². The normalized spacial score (nSPS) is 11.6. The van der Waals surface area contributed by atoms with Gasteiger partial charge in [0.25, 0.3) is 0 Å². The zero-order valence-corrected chi connectivity index (χ0v) is 29.8. The van der Waals surface area contributed by atoms with Gasteiger partial charge in [-0.05, 0) is 111 Å². The molecule has 0 bridgehead atoms. The fourth-order valence-electron chi connectivity index (χ4n) is 8.21. The summed E-state index contributed by atoms with van der Waals surface area (Å²) in [6.07, 6.45) is 0. The van der Waals surface area contributed by atoms with Crippen LogP contribution in [0.5, 0.6) is 0 Å². The van der Waals surface area contributed by atoms with Gasteiger partial charge in [0.1, 0.15) is 22.3 Å². The summed E-state index contributed by atoms with van der Waals surface area (Å²) in [4.78, 5) is 2.36. The molecule has 0 fully saturated rings. The minimum absolute atomic E-state index is 0.852. The number of fused-ring (bicyclic) bond motifs is 7. The molecule has 0 atom stereocenters. The maximum absolute atomic E-state index is 6.53. The lowest BCUT2D eigenvalue weighted by molar-refractivity contribution is 0.668. The van der Waals surface area contributed by atoms with Crippen molar-refractivity contribution in [2.24, 2.45) is 0 Å². The van der Waals surface area contributed by atoms with Crippen LogP contribution in [0, 0.1) is 0 Å². The Hall–Kier alpha value is -7.36. The highest BCUT2D eigenvalue weighted by Gasteiger charge is 2.21. The van der Waals surface area contributed by atoms with Crippen molar-refractivity contribution < 1.29 is 8.83 Å². The zero-order chi connectivity index (χ0) is 36.3. The number of furan rings is 2. The van der Waals surface area contributed by atoms with Crippen LogP contribution < -0.4 is 4.90 Å². The first-order valence-electron chi connectivity index (χ1n) is 18.7. The molecule has 0 aliphatic carbocycles. The van der Waals surface area contributed by atoms with E-state index in [2.05, 4.69) is 193 Å². The topological polar surface area (TPSA) is 29.5 Å². The van der Waals surface area contributed by atoms with Gasteiger partial charge in [0.15, 0.2) is 0 Å². The molecular weight excluding hydrogens is 671 g/mol. The molecule has 3 nitrogen and oxygen atoms in total. The SMILES string of the molecule is c1ccc(-c2ccc3oc4cccc(N(c5ccc(-c6ccc7ccccc7c6)cc5)c5ccc(-c6cccc7oc8ccccc8c67)cc5)c4c3c2)cc1. The third-order valence-electron chi connectivity index (χ3n) is 10.9. The largest absolute Gasteiger partial charge is 0.456 e. The molecule has 0 radical (unpaired) electrons. The Morgan fingerprint density at radius 3 is 1.67 bits per heavy atom. The molecule has 0 saturated heterocycles. The summed E-state index contributed by atoms with van der Waals surface area (Å²) in [6.45, 7) is 0. The van der Waals surface area contributed by atoms with Crippen LogP contribution in [0.1, 0.15) is 0 Å². The van der Waals surface area contributed by atoms with Crippen LogP contribution in [-0.4, -0.2) is 0 Å². The molecule has 2 aromatic heterocycles. The first-order chi connectivity index (χ1) is 27.2. The Morgan fingerprint density at radius 2 is 0.873 bits per heavy atom. The van der Waals surface area contributed by atoms with Gasteiger partial charge in [-0.25, -0.2) is 0 Å².